The molecular formula is C17H21N5O2. The van der Waals surface area contributed by atoms with Gasteiger partial charge in [0.2, 0.25) is 0 Å². The fourth-order valence-corrected chi connectivity index (χ4v) is 2.45. The molecule has 1 heterocycles. The maximum absolute atomic E-state index is 12.3. The Balaban J connectivity index is 2.11. The first-order valence-electron chi connectivity index (χ1n) is 7.69. The van der Waals surface area contributed by atoms with Crippen LogP contribution in [-0.2, 0) is 7.05 Å². The van der Waals surface area contributed by atoms with Crippen molar-refractivity contribution in [2.75, 3.05) is 11.9 Å². The first-order valence-corrected chi connectivity index (χ1v) is 7.69. The third-order valence-electron chi connectivity index (χ3n) is 3.52. The van der Waals surface area contributed by atoms with Crippen molar-refractivity contribution in [1.82, 2.24) is 15.1 Å². The van der Waals surface area contributed by atoms with Crippen molar-refractivity contribution < 1.29 is 9.53 Å². The zero-order valence-corrected chi connectivity index (χ0v) is 14.3. The van der Waals surface area contributed by atoms with Crippen molar-refractivity contribution in [1.29, 1.82) is 5.26 Å². The normalized spacial score (nSPS) is 11.5. The molecule has 7 heteroatoms. The van der Waals surface area contributed by atoms with Gasteiger partial charge in [-0.05, 0) is 39.0 Å². The Kier molecular flexibility index (Phi) is 5.42. The number of carbonyl (C=O) groups is 1. The summed E-state index contributed by atoms with van der Waals surface area (Å²) >= 11 is 0. The highest BCUT2D eigenvalue weighted by molar-refractivity contribution is 5.91. The minimum absolute atomic E-state index is 0.201. The molecule has 2 rings (SSSR count). The molecule has 0 saturated carbocycles. The standard InChI is InChI=1S/C17H21N5O2/c1-5-24-16-7-6-13(9-18)8-15(16)20-17(23)19-11(2)14-10-22(4)21-12(14)3/h6-8,10-11H,5H2,1-4H3,(H2,19,20,23). The number of rotatable bonds is 5. The number of aromatic nitrogens is 2. The molecule has 0 aliphatic rings. The molecule has 2 amide bonds. The van der Waals surface area contributed by atoms with Gasteiger partial charge >= 0.3 is 6.03 Å². The van der Waals surface area contributed by atoms with E-state index < -0.39 is 0 Å². The van der Waals surface area contributed by atoms with Crippen molar-refractivity contribution in [3.8, 4) is 11.8 Å². The van der Waals surface area contributed by atoms with Gasteiger partial charge in [-0.3, -0.25) is 4.68 Å². The van der Waals surface area contributed by atoms with Crippen LogP contribution in [0, 0.1) is 18.3 Å². The summed E-state index contributed by atoms with van der Waals surface area (Å²) in [4.78, 5) is 12.3. The lowest BCUT2D eigenvalue weighted by Gasteiger charge is -2.16. The number of anilines is 1. The van der Waals surface area contributed by atoms with Crippen LogP contribution in [0.4, 0.5) is 10.5 Å². The summed E-state index contributed by atoms with van der Waals surface area (Å²) in [7, 11) is 1.84. The minimum Gasteiger partial charge on any atom is -0.492 e. The van der Waals surface area contributed by atoms with E-state index >= 15 is 0 Å². The molecule has 0 bridgehead atoms. The Labute approximate surface area is 141 Å². The largest absolute Gasteiger partial charge is 0.492 e. The summed E-state index contributed by atoms with van der Waals surface area (Å²) in [6.45, 7) is 6.11. The van der Waals surface area contributed by atoms with E-state index in [0.717, 1.165) is 11.3 Å². The number of hydrogen-bond donors (Lipinski definition) is 2. The van der Waals surface area contributed by atoms with Gasteiger partial charge in [-0.15, -0.1) is 0 Å². The monoisotopic (exact) mass is 327 g/mol. The lowest BCUT2D eigenvalue weighted by molar-refractivity contribution is 0.249. The molecule has 24 heavy (non-hydrogen) atoms. The number of urea groups is 1. The minimum atomic E-state index is -0.373. The summed E-state index contributed by atoms with van der Waals surface area (Å²) in [5.74, 6) is 0.525. The van der Waals surface area contributed by atoms with Crippen LogP contribution in [0.1, 0.15) is 36.7 Å². The summed E-state index contributed by atoms with van der Waals surface area (Å²) in [6.07, 6.45) is 1.88. The SMILES string of the molecule is CCOc1ccc(C#N)cc1NC(=O)NC(C)c1cn(C)nc1C. The fourth-order valence-electron chi connectivity index (χ4n) is 2.45. The molecule has 0 fully saturated rings. The van der Waals surface area contributed by atoms with E-state index in [4.69, 9.17) is 10.00 Å². The average Bonchev–Trinajstić information content (AvgIpc) is 2.87. The third-order valence-corrected chi connectivity index (χ3v) is 3.52. The van der Waals surface area contributed by atoms with E-state index in [1.165, 1.54) is 0 Å². The topological polar surface area (TPSA) is 92.0 Å². The summed E-state index contributed by atoms with van der Waals surface area (Å²) < 4.78 is 7.20. The highest BCUT2D eigenvalue weighted by atomic mass is 16.5. The van der Waals surface area contributed by atoms with Crippen LogP contribution in [0.25, 0.3) is 0 Å². The van der Waals surface area contributed by atoms with Gasteiger partial charge in [-0.1, -0.05) is 0 Å². The Morgan fingerprint density at radius 1 is 1.50 bits per heavy atom. The molecule has 0 saturated heterocycles. The molecule has 0 aliphatic carbocycles. The van der Waals surface area contributed by atoms with Crippen molar-refractivity contribution in [3.05, 3.63) is 41.2 Å². The van der Waals surface area contributed by atoms with Crippen molar-refractivity contribution in [3.63, 3.8) is 0 Å². The predicted molar refractivity (Wildman–Crippen MR) is 90.8 cm³/mol. The second-order valence-corrected chi connectivity index (χ2v) is 5.42. The van der Waals surface area contributed by atoms with Gasteiger partial charge in [0.25, 0.3) is 0 Å². The van der Waals surface area contributed by atoms with Gasteiger partial charge in [0.05, 0.1) is 35.7 Å². The number of nitrogens with zero attached hydrogens (tertiary/aromatic N) is 3. The Morgan fingerprint density at radius 2 is 2.25 bits per heavy atom. The molecule has 0 radical (unpaired) electrons. The summed E-state index contributed by atoms with van der Waals surface area (Å²) in [6, 6.07) is 6.38. The Hall–Kier alpha value is -3.01. The maximum atomic E-state index is 12.3. The smallest absolute Gasteiger partial charge is 0.319 e. The van der Waals surface area contributed by atoms with E-state index in [0.29, 0.717) is 23.6 Å². The van der Waals surface area contributed by atoms with Gasteiger partial charge in [0.1, 0.15) is 5.75 Å². The van der Waals surface area contributed by atoms with Crippen LogP contribution in [0.2, 0.25) is 0 Å². The molecule has 1 unspecified atom stereocenters. The van der Waals surface area contributed by atoms with Gasteiger partial charge in [-0.25, -0.2) is 4.79 Å². The van der Waals surface area contributed by atoms with Crippen molar-refractivity contribution in [2.45, 2.75) is 26.8 Å². The molecule has 7 nitrogen and oxygen atoms in total. The number of ether oxygens (including phenoxy) is 1. The zero-order valence-electron chi connectivity index (χ0n) is 14.3. The molecule has 1 aromatic heterocycles. The van der Waals surface area contributed by atoms with Crippen LogP contribution < -0.4 is 15.4 Å². The van der Waals surface area contributed by atoms with E-state index in [1.807, 2.05) is 40.1 Å². The summed E-state index contributed by atoms with van der Waals surface area (Å²) in [5, 5.41) is 18.9. The number of aryl methyl sites for hydroxylation is 2. The molecule has 0 aliphatic heterocycles. The lowest BCUT2D eigenvalue weighted by Crippen LogP contribution is -2.31. The van der Waals surface area contributed by atoms with Crippen LogP contribution in [0.3, 0.4) is 0 Å². The average molecular weight is 327 g/mol. The second kappa shape index (κ2) is 7.51. The van der Waals surface area contributed by atoms with Gasteiger partial charge in [0.15, 0.2) is 0 Å². The first-order chi connectivity index (χ1) is 11.4. The number of amides is 2. The number of carbonyl (C=O) groups excluding carboxylic acids is 1. The van der Waals surface area contributed by atoms with Gasteiger partial charge in [-0.2, -0.15) is 10.4 Å². The highest BCUT2D eigenvalue weighted by Crippen LogP contribution is 2.26. The molecule has 2 N–H and O–H groups in total. The van der Waals surface area contributed by atoms with Crippen LogP contribution in [-0.4, -0.2) is 22.4 Å². The first kappa shape index (κ1) is 17.3. The second-order valence-electron chi connectivity index (χ2n) is 5.42. The van der Waals surface area contributed by atoms with E-state index in [9.17, 15) is 4.79 Å². The number of nitriles is 1. The van der Waals surface area contributed by atoms with E-state index in [1.54, 1.807) is 22.9 Å². The summed E-state index contributed by atoms with van der Waals surface area (Å²) in [5.41, 5.74) is 2.73. The number of hydrogen-bond acceptors (Lipinski definition) is 4. The van der Waals surface area contributed by atoms with Crippen molar-refractivity contribution in [2.24, 2.45) is 7.05 Å². The molecule has 1 aromatic carbocycles. The van der Waals surface area contributed by atoms with Gasteiger partial charge < -0.3 is 15.4 Å². The Morgan fingerprint density at radius 3 is 2.83 bits per heavy atom. The molecular weight excluding hydrogens is 306 g/mol. The lowest BCUT2D eigenvalue weighted by atomic mass is 10.1. The van der Waals surface area contributed by atoms with E-state index in [-0.39, 0.29) is 12.1 Å². The van der Waals surface area contributed by atoms with Crippen LogP contribution >= 0.6 is 0 Å². The van der Waals surface area contributed by atoms with Crippen LogP contribution in [0.15, 0.2) is 24.4 Å². The predicted octanol–water partition coefficient (Wildman–Crippen LogP) is 2.88. The van der Waals surface area contributed by atoms with E-state index in [2.05, 4.69) is 15.7 Å². The Bertz CT molecular complexity index is 776. The molecule has 126 valence electrons. The molecule has 1 atom stereocenters. The van der Waals surface area contributed by atoms with Crippen LogP contribution in [0.5, 0.6) is 5.75 Å². The van der Waals surface area contributed by atoms with Crippen molar-refractivity contribution >= 4 is 11.7 Å². The number of benzene rings is 1. The quantitative estimate of drug-likeness (QED) is 0.883. The highest BCUT2D eigenvalue weighted by Gasteiger charge is 2.15. The maximum Gasteiger partial charge on any atom is 0.319 e. The number of nitrogens with one attached hydrogen (secondary N) is 2. The fraction of sp³-hybridized carbons (Fsp3) is 0.353. The molecule has 0 spiro atoms. The third kappa shape index (κ3) is 4.04. The van der Waals surface area contributed by atoms with Gasteiger partial charge in [0, 0.05) is 18.8 Å². The molecule has 2 aromatic rings. The zero-order chi connectivity index (χ0) is 17.7.